The molecule has 0 radical (unpaired) electrons. The Labute approximate surface area is 358 Å². The summed E-state index contributed by atoms with van der Waals surface area (Å²) in [7, 11) is -4.18. The fourth-order valence-electron chi connectivity index (χ4n) is 8.23. The van der Waals surface area contributed by atoms with Crippen molar-refractivity contribution >= 4 is 55.2 Å². The number of aromatic nitrogens is 6. The number of nitrogens with one attached hydrogen (secondary N) is 2. The lowest BCUT2D eigenvalue weighted by Crippen LogP contribution is -2.38. The predicted molar refractivity (Wildman–Crippen MR) is 207 cm³/mol. The number of rotatable bonds is 14. The molecule has 340 valence electrons. The van der Waals surface area contributed by atoms with Crippen LogP contribution in [0.25, 0.3) is 27.5 Å². The fraction of sp³-hybridized carbons (Fsp3) is 0.359. The molecule has 0 unspecified atom stereocenters. The van der Waals surface area contributed by atoms with Crippen LogP contribution in [0.5, 0.6) is 0 Å². The first-order valence-corrected chi connectivity index (χ1v) is 21.3. The molecule has 64 heavy (non-hydrogen) atoms. The van der Waals surface area contributed by atoms with Gasteiger partial charge < -0.3 is 5.32 Å². The van der Waals surface area contributed by atoms with Crippen LogP contribution in [-0.2, 0) is 46.7 Å². The lowest BCUT2D eigenvalue weighted by Gasteiger charge is -2.24. The normalized spacial score (nSPS) is 17.4. The average Bonchev–Trinajstić information content (AvgIpc) is 3.70. The second kappa shape index (κ2) is 16.0. The van der Waals surface area contributed by atoms with Crippen LogP contribution in [0.15, 0.2) is 53.3 Å². The summed E-state index contributed by atoms with van der Waals surface area (Å²) >= 11 is 6.50. The van der Waals surface area contributed by atoms with Crippen molar-refractivity contribution < 1.29 is 61.5 Å². The number of fused-ring (bicyclic) bond motifs is 5. The van der Waals surface area contributed by atoms with Crippen molar-refractivity contribution in [2.45, 2.75) is 75.7 Å². The number of amides is 1. The zero-order chi connectivity index (χ0) is 46.4. The zero-order valence-corrected chi connectivity index (χ0v) is 34.1. The maximum absolute atomic E-state index is 15.5. The number of nitrogens with zero attached hydrogens (tertiary/aromatic N) is 6. The number of hydrogen-bond donors (Lipinski definition) is 2. The van der Waals surface area contributed by atoms with Crippen molar-refractivity contribution in [2.75, 3.05) is 11.0 Å². The molecule has 1 fully saturated rings. The molecule has 3 atom stereocenters. The van der Waals surface area contributed by atoms with Crippen molar-refractivity contribution in [1.29, 1.82) is 0 Å². The fourth-order valence-corrected chi connectivity index (χ4v) is 8.97. The third-order valence-electron chi connectivity index (χ3n) is 10.8. The highest BCUT2D eigenvalue weighted by Crippen LogP contribution is 2.68. The number of anilines is 1. The van der Waals surface area contributed by atoms with E-state index in [2.05, 4.69) is 25.2 Å². The number of carbonyl (C=O) groups excluding carboxylic acids is 1. The van der Waals surface area contributed by atoms with Crippen LogP contribution in [0.2, 0.25) is 5.02 Å². The van der Waals surface area contributed by atoms with Gasteiger partial charge in [-0.1, -0.05) is 17.7 Å². The largest absolute Gasteiger partial charge is 0.389 e. The highest BCUT2D eigenvalue weighted by Gasteiger charge is 2.67. The molecule has 25 heteroatoms. The zero-order valence-electron chi connectivity index (χ0n) is 32.5. The number of halogens is 12. The van der Waals surface area contributed by atoms with Gasteiger partial charge in [0.1, 0.15) is 41.9 Å². The van der Waals surface area contributed by atoms with Gasteiger partial charge in [0.15, 0.2) is 5.82 Å². The molecule has 0 spiro atoms. The summed E-state index contributed by atoms with van der Waals surface area (Å²) in [4.78, 5) is 33.4. The molecule has 2 aliphatic rings. The van der Waals surface area contributed by atoms with E-state index in [0.717, 1.165) is 47.2 Å². The van der Waals surface area contributed by atoms with E-state index >= 15 is 8.78 Å². The lowest BCUT2D eigenvalue weighted by molar-refractivity contribution is -0.134. The van der Waals surface area contributed by atoms with E-state index in [1.165, 1.54) is 6.07 Å². The summed E-state index contributed by atoms with van der Waals surface area (Å²) in [6.07, 6.45) is -13.0. The summed E-state index contributed by atoms with van der Waals surface area (Å²) < 4.78 is 185. The molecule has 1 amide bonds. The summed E-state index contributed by atoms with van der Waals surface area (Å²) in [6, 6.07) is 6.02. The Hall–Kier alpha value is -5.78. The Morgan fingerprint density at radius 2 is 1.69 bits per heavy atom. The molecule has 12 nitrogen and oxygen atoms in total. The number of hydrogen-bond acceptors (Lipinski definition) is 7. The average molecular weight is 951 g/mol. The van der Waals surface area contributed by atoms with Crippen LogP contribution in [0, 0.1) is 17.6 Å². The molecule has 3 aromatic heterocycles. The molecule has 3 heterocycles. The summed E-state index contributed by atoms with van der Waals surface area (Å²) in [5.41, 5.74) is -4.66. The van der Waals surface area contributed by atoms with E-state index in [1.54, 1.807) is 0 Å². The SMILES string of the molecule is CS(=O)(=O)Nc1nn(CC(F)F)c2c(-n3c([C@H](Cc4cc(F)cc(F)c4)NC(=O)Cn4nc(C(F)F)c5c4C(F)(F)[C@@H]4C[C@H]54)nc4cc(CCC(F)(F)F)ccc4c3=O)ccc(Cl)c12. The molecule has 2 N–H and O–H groups in total. The van der Waals surface area contributed by atoms with Crippen molar-refractivity contribution in [3.05, 3.63) is 109 Å². The summed E-state index contributed by atoms with van der Waals surface area (Å²) in [5.74, 6) is -10.5. The van der Waals surface area contributed by atoms with Crippen LogP contribution in [-0.4, -0.2) is 62.3 Å². The van der Waals surface area contributed by atoms with Gasteiger partial charge in [-0.2, -0.15) is 32.1 Å². The van der Waals surface area contributed by atoms with Crippen molar-refractivity contribution in [3.63, 3.8) is 0 Å². The lowest BCUT2D eigenvalue weighted by atomic mass is 10.0. The van der Waals surface area contributed by atoms with Gasteiger partial charge in [0.05, 0.1) is 44.8 Å². The van der Waals surface area contributed by atoms with Gasteiger partial charge in [0.2, 0.25) is 15.9 Å². The number of sulfonamides is 1. The number of benzene rings is 3. The van der Waals surface area contributed by atoms with Gasteiger partial charge in [-0.15, -0.1) is 0 Å². The van der Waals surface area contributed by atoms with Crippen LogP contribution in [0.3, 0.4) is 0 Å². The molecule has 6 aromatic rings. The summed E-state index contributed by atoms with van der Waals surface area (Å²) in [5, 5.41) is 9.18. The highest BCUT2D eigenvalue weighted by molar-refractivity contribution is 7.92. The van der Waals surface area contributed by atoms with Crippen molar-refractivity contribution in [1.82, 2.24) is 34.4 Å². The van der Waals surface area contributed by atoms with Gasteiger partial charge in [0.25, 0.3) is 24.3 Å². The molecular formula is C39H30ClF11N8O4S. The van der Waals surface area contributed by atoms with Crippen molar-refractivity contribution in [2.24, 2.45) is 5.92 Å². The molecule has 0 saturated heterocycles. The monoisotopic (exact) mass is 950 g/mol. The van der Waals surface area contributed by atoms with Gasteiger partial charge in [-0.3, -0.25) is 28.2 Å². The minimum absolute atomic E-state index is 0.0231. The molecule has 0 aliphatic heterocycles. The van der Waals surface area contributed by atoms with E-state index in [-0.39, 0.29) is 38.9 Å². The summed E-state index contributed by atoms with van der Waals surface area (Å²) in [6.45, 7) is -2.38. The Morgan fingerprint density at radius 1 is 0.984 bits per heavy atom. The van der Waals surface area contributed by atoms with E-state index in [0.29, 0.717) is 15.4 Å². The molecule has 3 aromatic carbocycles. The van der Waals surface area contributed by atoms with E-state index in [1.807, 2.05) is 0 Å². The second-order valence-electron chi connectivity index (χ2n) is 15.4. The molecule has 1 saturated carbocycles. The van der Waals surface area contributed by atoms with Crippen LogP contribution >= 0.6 is 11.6 Å². The number of carbonyl (C=O) groups is 1. The maximum atomic E-state index is 15.5. The van der Waals surface area contributed by atoms with E-state index < -0.39 is 148 Å². The third kappa shape index (κ3) is 8.60. The van der Waals surface area contributed by atoms with Gasteiger partial charge in [-0.25, -0.2) is 39.7 Å². The molecule has 8 rings (SSSR count). The Morgan fingerprint density at radius 3 is 2.33 bits per heavy atom. The maximum Gasteiger partial charge on any atom is 0.389 e. The van der Waals surface area contributed by atoms with E-state index in [4.69, 9.17) is 11.6 Å². The first-order valence-electron chi connectivity index (χ1n) is 19.0. The van der Waals surface area contributed by atoms with Crippen molar-refractivity contribution in [3.8, 4) is 5.69 Å². The van der Waals surface area contributed by atoms with E-state index in [9.17, 15) is 57.5 Å². The third-order valence-corrected chi connectivity index (χ3v) is 11.7. The Kier molecular flexibility index (Phi) is 11.2. The topological polar surface area (TPSA) is 146 Å². The number of aryl methyl sites for hydroxylation is 1. The Balaban J connectivity index is 1.36. The minimum atomic E-state index is -4.60. The van der Waals surface area contributed by atoms with Crippen LogP contribution < -0.4 is 15.6 Å². The second-order valence-corrected chi connectivity index (χ2v) is 17.6. The first-order chi connectivity index (χ1) is 29.9. The van der Waals surface area contributed by atoms with Crippen LogP contribution in [0.1, 0.15) is 65.1 Å². The minimum Gasteiger partial charge on any atom is -0.344 e. The predicted octanol–water partition coefficient (Wildman–Crippen LogP) is 8.24. The Bertz CT molecular complexity index is 3030. The van der Waals surface area contributed by atoms with Gasteiger partial charge in [0, 0.05) is 30.4 Å². The standard InChI is InChI=1S/C39H30ClF11N8O4S/c1-64(62,63)56-35-30-23(40)4-5-26(32(30)57(55-35)14-27(43)44)59-36(53-24-10-16(6-7-38(47,48)49)2-3-20(24)37(59)61)25(11-17-8-18(41)12-19(42)9-17)52-28(60)15-58-33-29(31(54-58)34(45)46)21-13-22(21)39(33,50)51/h2-5,8-10,12,21-22,25,27,34H,6-7,11,13-15H2,1H3,(H,52,60)(H,55,56)/t21-,22+,25-/m0/s1. The first kappa shape index (κ1) is 44.8. The van der Waals surface area contributed by atoms with Crippen LogP contribution in [0.4, 0.5) is 54.1 Å². The molecule has 0 bridgehead atoms. The quantitative estimate of drug-likeness (QED) is 0.105. The smallest absolute Gasteiger partial charge is 0.344 e. The van der Waals surface area contributed by atoms with Gasteiger partial charge >= 0.3 is 6.18 Å². The highest BCUT2D eigenvalue weighted by atomic mass is 35.5. The number of alkyl halides is 9. The van der Waals surface area contributed by atoms with Gasteiger partial charge in [-0.05, 0) is 66.3 Å². The molecule has 2 aliphatic carbocycles. The molecular weight excluding hydrogens is 921 g/mol.